The summed E-state index contributed by atoms with van der Waals surface area (Å²) in [5, 5.41) is 3.59. The zero-order valence-corrected chi connectivity index (χ0v) is 13.3. The highest BCUT2D eigenvalue weighted by atomic mass is 14.9. The highest BCUT2D eigenvalue weighted by Gasteiger charge is 2.11. The van der Waals surface area contributed by atoms with Crippen LogP contribution >= 0.6 is 0 Å². The first-order valence-electron chi connectivity index (χ1n) is 8.37. The van der Waals surface area contributed by atoms with Gasteiger partial charge in [0, 0.05) is 18.6 Å². The van der Waals surface area contributed by atoms with Gasteiger partial charge >= 0.3 is 0 Å². The van der Waals surface area contributed by atoms with Gasteiger partial charge in [0.2, 0.25) is 0 Å². The minimum atomic E-state index is 0.374. The van der Waals surface area contributed by atoms with E-state index in [1.54, 1.807) is 12.4 Å². The fourth-order valence-corrected chi connectivity index (χ4v) is 2.47. The van der Waals surface area contributed by atoms with E-state index in [0.29, 0.717) is 6.04 Å². The Morgan fingerprint density at radius 1 is 0.950 bits per heavy atom. The average molecular weight is 277 g/mol. The quantitative estimate of drug-likeness (QED) is 0.565. The van der Waals surface area contributed by atoms with Crippen LogP contribution < -0.4 is 5.32 Å². The molecular formula is C17H31N3. The summed E-state index contributed by atoms with van der Waals surface area (Å²) in [7, 11) is 0. The molecule has 0 saturated carbocycles. The predicted molar refractivity (Wildman–Crippen MR) is 85.7 cm³/mol. The van der Waals surface area contributed by atoms with Crippen LogP contribution in [0.1, 0.15) is 83.4 Å². The molecule has 1 atom stereocenters. The number of unbranched alkanes of at least 4 members (excludes halogenated alkanes) is 6. The van der Waals surface area contributed by atoms with Crippen LogP contribution in [0, 0.1) is 0 Å². The fraction of sp³-hybridized carbons (Fsp3) is 0.765. The highest BCUT2D eigenvalue weighted by molar-refractivity contribution is 5.01. The van der Waals surface area contributed by atoms with Gasteiger partial charge in [0.1, 0.15) is 0 Å². The van der Waals surface area contributed by atoms with Gasteiger partial charge in [-0.1, -0.05) is 58.8 Å². The molecule has 0 radical (unpaired) electrons. The Morgan fingerprint density at radius 2 is 1.70 bits per heavy atom. The van der Waals surface area contributed by atoms with Crippen LogP contribution in [0.25, 0.3) is 0 Å². The normalized spacial score (nSPS) is 12.5. The molecule has 0 aliphatic carbocycles. The maximum absolute atomic E-state index is 4.45. The van der Waals surface area contributed by atoms with Gasteiger partial charge in [-0.2, -0.15) is 0 Å². The predicted octanol–water partition coefficient (Wildman–Crippen LogP) is 4.66. The molecule has 1 aromatic rings. The molecule has 1 aromatic heterocycles. The maximum atomic E-state index is 4.45. The van der Waals surface area contributed by atoms with Crippen molar-refractivity contribution in [3.63, 3.8) is 0 Å². The van der Waals surface area contributed by atoms with Crippen molar-refractivity contribution in [1.29, 1.82) is 0 Å². The van der Waals surface area contributed by atoms with Crippen molar-refractivity contribution >= 4 is 0 Å². The zero-order chi connectivity index (χ0) is 14.5. The van der Waals surface area contributed by atoms with Crippen LogP contribution in [0.3, 0.4) is 0 Å². The molecule has 0 spiro atoms. The third-order valence-corrected chi connectivity index (χ3v) is 3.68. The number of aromatic nitrogens is 2. The van der Waals surface area contributed by atoms with Gasteiger partial charge < -0.3 is 5.32 Å². The number of nitrogens with zero attached hydrogens (tertiary/aromatic N) is 2. The topological polar surface area (TPSA) is 37.8 Å². The van der Waals surface area contributed by atoms with Crippen molar-refractivity contribution in [2.75, 3.05) is 6.54 Å². The average Bonchev–Trinajstić information content (AvgIpc) is 2.50. The molecule has 1 heterocycles. The van der Waals surface area contributed by atoms with E-state index in [0.717, 1.165) is 18.7 Å². The lowest BCUT2D eigenvalue weighted by atomic mass is 10.0. The van der Waals surface area contributed by atoms with Gasteiger partial charge in [-0.05, 0) is 19.4 Å². The van der Waals surface area contributed by atoms with E-state index < -0.39 is 0 Å². The molecule has 0 amide bonds. The van der Waals surface area contributed by atoms with Crippen molar-refractivity contribution in [1.82, 2.24) is 15.3 Å². The van der Waals surface area contributed by atoms with E-state index in [4.69, 9.17) is 0 Å². The van der Waals surface area contributed by atoms with Crippen LogP contribution in [0.5, 0.6) is 0 Å². The minimum absolute atomic E-state index is 0.374. The van der Waals surface area contributed by atoms with E-state index in [9.17, 15) is 0 Å². The largest absolute Gasteiger partial charge is 0.309 e. The van der Waals surface area contributed by atoms with Gasteiger partial charge in [-0.25, -0.2) is 0 Å². The van der Waals surface area contributed by atoms with Gasteiger partial charge in [-0.3, -0.25) is 9.97 Å². The first-order chi connectivity index (χ1) is 9.88. The third-order valence-electron chi connectivity index (χ3n) is 3.68. The maximum Gasteiger partial charge on any atom is 0.0756 e. The molecular weight excluding hydrogens is 246 g/mol. The molecule has 1 unspecified atom stereocenters. The second-order valence-corrected chi connectivity index (χ2v) is 5.55. The van der Waals surface area contributed by atoms with Crippen molar-refractivity contribution in [2.24, 2.45) is 0 Å². The molecule has 0 aliphatic heterocycles. The van der Waals surface area contributed by atoms with Crippen molar-refractivity contribution in [3.8, 4) is 0 Å². The van der Waals surface area contributed by atoms with Crippen LogP contribution in [0.4, 0.5) is 0 Å². The minimum Gasteiger partial charge on any atom is -0.309 e. The van der Waals surface area contributed by atoms with Gasteiger partial charge in [-0.15, -0.1) is 0 Å². The lowest BCUT2D eigenvalue weighted by Gasteiger charge is -2.17. The Morgan fingerprint density at radius 3 is 2.35 bits per heavy atom. The lowest BCUT2D eigenvalue weighted by Crippen LogP contribution is -2.23. The molecule has 0 aliphatic rings. The van der Waals surface area contributed by atoms with Gasteiger partial charge in [0.15, 0.2) is 0 Å². The molecule has 1 N–H and O–H groups in total. The Kier molecular flexibility index (Phi) is 10.1. The second-order valence-electron chi connectivity index (χ2n) is 5.55. The van der Waals surface area contributed by atoms with E-state index in [2.05, 4.69) is 29.1 Å². The Labute approximate surface area is 124 Å². The fourth-order valence-electron chi connectivity index (χ4n) is 2.47. The first kappa shape index (κ1) is 17.1. The number of hydrogen-bond acceptors (Lipinski definition) is 3. The Bertz CT molecular complexity index is 313. The van der Waals surface area contributed by atoms with Crippen molar-refractivity contribution in [3.05, 3.63) is 24.3 Å². The SMILES string of the molecule is CCCCCCCCCC(NCCC)c1cnccn1. The summed E-state index contributed by atoms with van der Waals surface area (Å²) in [4.78, 5) is 8.64. The molecule has 0 bridgehead atoms. The lowest BCUT2D eigenvalue weighted by molar-refractivity contribution is 0.456. The van der Waals surface area contributed by atoms with Gasteiger partial charge in [0.05, 0.1) is 11.7 Å². The second kappa shape index (κ2) is 11.8. The van der Waals surface area contributed by atoms with E-state index in [1.807, 2.05) is 6.20 Å². The van der Waals surface area contributed by atoms with Crippen LogP contribution in [-0.2, 0) is 0 Å². The molecule has 3 nitrogen and oxygen atoms in total. The number of rotatable bonds is 12. The molecule has 1 rings (SSSR count). The zero-order valence-electron chi connectivity index (χ0n) is 13.3. The van der Waals surface area contributed by atoms with Crippen LogP contribution in [0.2, 0.25) is 0 Å². The summed E-state index contributed by atoms with van der Waals surface area (Å²) in [5.74, 6) is 0. The monoisotopic (exact) mass is 277 g/mol. The van der Waals surface area contributed by atoms with Crippen molar-refractivity contribution in [2.45, 2.75) is 77.7 Å². The molecule has 0 fully saturated rings. The molecule has 20 heavy (non-hydrogen) atoms. The molecule has 114 valence electrons. The number of hydrogen-bond donors (Lipinski definition) is 1. The molecule has 3 heteroatoms. The Hall–Kier alpha value is -0.960. The highest BCUT2D eigenvalue weighted by Crippen LogP contribution is 2.18. The van der Waals surface area contributed by atoms with Crippen LogP contribution in [0.15, 0.2) is 18.6 Å². The summed E-state index contributed by atoms with van der Waals surface area (Å²) in [6, 6.07) is 0.374. The summed E-state index contributed by atoms with van der Waals surface area (Å²) in [6.45, 7) is 5.52. The standard InChI is InChI=1S/C17H31N3/c1-3-5-6-7-8-9-10-11-16(19-12-4-2)17-15-18-13-14-20-17/h13-16,19H,3-12H2,1-2H3. The molecule has 0 saturated heterocycles. The van der Waals surface area contributed by atoms with E-state index in [1.165, 1.54) is 51.4 Å². The summed E-state index contributed by atoms with van der Waals surface area (Å²) in [5.41, 5.74) is 1.09. The Balaban J connectivity index is 2.24. The molecule has 0 aromatic carbocycles. The smallest absolute Gasteiger partial charge is 0.0756 e. The summed E-state index contributed by atoms with van der Waals surface area (Å²) >= 11 is 0. The third kappa shape index (κ3) is 7.59. The summed E-state index contributed by atoms with van der Waals surface area (Å²) in [6.07, 6.45) is 17.3. The summed E-state index contributed by atoms with van der Waals surface area (Å²) < 4.78 is 0. The first-order valence-corrected chi connectivity index (χ1v) is 8.37. The van der Waals surface area contributed by atoms with Crippen LogP contribution in [-0.4, -0.2) is 16.5 Å². The van der Waals surface area contributed by atoms with Crippen molar-refractivity contribution < 1.29 is 0 Å². The van der Waals surface area contributed by atoms with E-state index in [-0.39, 0.29) is 0 Å². The van der Waals surface area contributed by atoms with Gasteiger partial charge in [0.25, 0.3) is 0 Å². The van der Waals surface area contributed by atoms with E-state index >= 15 is 0 Å². The number of nitrogens with one attached hydrogen (secondary N) is 1.